The number of rotatable bonds is 9. The zero-order valence-corrected chi connectivity index (χ0v) is 30.2. The van der Waals surface area contributed by atoms with E-state index in [1.165, 1.54) is 34.2 Å². The molecule has 5 aromatic rings. The summed E-state index contributed by atoms with van der Waals surface area (Å²) in [5.41, 5.74) is 7.89. The van der Waals surface area contributed by atoms with Crippen molar-refractivity contribution in [3.05, 3.63) is 83.8 Å². The SMILES string of the molecule is COC(OC)C1CCN(C(=O)c2ccc(C3CCN(Cc4cc5c(-c6ccc7c(cnn7C7CCCCO7)c6)ccnc5n4C)CC3)cc2)CC1. The Morgan fingerprint density at radius 2 is 1.71 bits per heavy atom. The van der Waals surface area contributed by atoms with Crippen molar-refractivity contribution < 1.29 is 19.0 Å². The Labute approximate surface area is 300 Å². The summed E-state index contributed by atoms with van der Waals surface area (Å²) in [4.78, 5) is 22.6. The van der Waals surface area contributed by atoms with Gasteiger partial charge >= 0.3 is 0 Å². The van der Waals surface area contributed by atoms with Crippen LogP contribution in [0.4, 0.5) is 0 Å². The number of piperidine rings is 2. The highest BCUT2D eigenvalue weighted by Gasteiger charge is 2.29. The highest BCUT2D eigenvalue weighted by atomic mass is 16.7. The third kappa shape index (κ3) is 6.82. The average molecular weight is 691 g/mol. The van der Waals surface area contributed by atoms with Gasteiger partial charge in [-0.2, -0.15) is 5.10 Å². The summed E-state index contributed by atoms with van der Waals surface area (Å²) in [5.74, 6) is 0.952. The molecule has 8 rings (SSSR count). The van der Waals surface area contributed by atoms with Crippen molar-refractivity contribution in [1.29, 1.82) is 0 Å². The van der Waals surface area contributed by atoms with Crippen molar-refractivity contribution >= 4 is 27.8 Å². The first-order valence-electron chi connectivity index (χ1n) is 18.7. The number of benzene rings is 2. The maximum atomic E-state index is 13.3. The van der Waals surface area contributed by atoms with Crippen molar-refractivity contribution in [3.8, 4) is 11.1 Å². The lowest BCUT2D eigenvalue weighted by atomic mass is 9.88. The Kier molecular flexibility index (Phi) is 9.92. The minimum Gasteiger partial charge on any atom is -0.356 e. The number of hydrogen-bond donors (Lipinski definition) is 0. The van der Waals surface area contributed by atoms with Gasteiger partial charge < -0.3 is 23.7 Å². The molecule has 0 N–H and O–H groups in total. The molecule has 0 spiro atoms. The highest BCUT2D eigenvalue weighted by molar-refractivity contribution is 5.96. The van der Waals surface area contributed by atoms with Crippen LogP contribution in [0.5, 0.6) is 0 Å². The van der Waals surface area contributed by atoms with E-state index in [0.29, 0.717) is 11.8 Å². The van der Waals surface area contributed by atoms with E-state index in [-0.39, 0.29) is 18.4 Å². The van der Waals surface area contributed by atoms with Crippen LogP contribution >= 0.6 is 0 Å². The fourth-order valence-corrected chi connectivity index (χ4v) is 8.63. The van der Waals surface area contributed by atoms with Gasteiger partial charge in [-0.05, 0) is 117 Å². The third-order valence-corrected chi connectivity index (χ3v) is 11.6. The van der Waals surface area contributed by atoms with Gasteiger partial charge in [-0.3, -0.25) is 9.69 Å². The summed E-state index contributed by atoms with van der Waals surface area (Å²) in [6.45, 7) is 5.25. The fraction of sp³-hybridized carbons (Fsp3) is 0.488. The second-order valence-electron chi connectivity index (χ2n) is 14.6. The fourth-order valence-electron chi connectivity index (χ4n) is 8.63. The monoisotopic (exact) mass is 690 g/mol. The van der Waals surface area contributed by atoms with Crippen LogP contribution in [0.1, 0.15) is 78.7 Å². The molecule has 1 atom stereocenters. The van der Waals surface area contributed by atoms with Crippen molar-refractivity contribution in [3.63, 3.8) is 0 Å². The highest BCUT2D eigenvalue weighted by Crippen LogP contribution is 2.35. The molecule has 268 valence electrons. The molecule has 3 saturated heterocycles. The number of pyridine rings is 1. The summed E-state index contributed by atoms with van der Waals surface area (Å²) in [5, 5.41) is 7.02. The zero-order valence-electron chi connectivity index (χ0n) is 30.2. The van der Waals surface area contributed by atoms with Gasteiger partial charge in [0.05, 0.1) is 11.7 Å². The Bertz CT molecular complexity index is 1960. The Morgan fingerprint density at radius 3 is 2.43 bits per heavy atom. The first kappa shape index (κ1) is 34.0. The van der Waals surface area contributed by atoms with Crippen LogP contribution < -0.4 is 0 Å². The lowest BCUT2D eigenvalue weighted by Gasteiger charge is -2.35. The maximum Gasteiger partial charge on any atom is 0.253 e. The van der Waals surface area contributed by atoms with Crippen molar-refractivity contribution in [2.75, 3.05) is 47.0 Å². The molecule has 0 saturated carbocycles. The number of fused-ring (bicyclic) bond motifs is 2. The number of carbonyl (C=O) groups excluding carboxylic acids is 1. The van der Waals surface area contributed by atoms with Crippen LogP contribution in [0.25, 0.3) is 33.1 Å². The van der Waals surface area contributed by atoms with Crippen LogP contribution in [0.3, 0.4) is 0 Å². The van der Waals surface area contributed by atoms with Gasteiger partial charge in [-0.15, -0.1) is 0 Å². The van der Waals surface area contributed by atoms with E-state index in [1.54, 1.807) is 14.2 Å². The third-order valence-electron chi connectivity index (χ3n) is 11.6. The molecule has 1 unspecified atom stereocenters. The first-order valence-corrected chi connectivity index (χ1v) is 18.7. The molecular weight excluding hydrogens is 640 g/mol. The summed E-state index contributed by atoms with van der Waals surface area (Å²) in [6.07, 6.45) is 11.0. The number of aryl methyl sites for hydroxylation is 1. The second kappa shape index (κ2) is 14.9. The molecule has 3 aliphatic heterocycles. The summed E-state index contributed by atoms with van der Waals surface area (Å²) >= 11 is 0. The van der Waals surface area contributed by atoms with E-state index in [2.05, 4.69) is 59.0 Å². The number of ether oxygens (including phenoxy) is 3. The minimum atomic E-state index is -0.198. The van der Waals surface area contributed by atoms with E-state index >= 15 is 0 Å². The van der Waals surface area contributed by atoms with Crippen LogP contribution in [0.2, 0.25) is 0 Å². The number of hydrogen-bond acceptors (Lipinski definition) is 7. The molecule has 10 nitrogen and oxygen atoms in total. The van der Waals surface area contributed by atoms with Gasteiger partial charge in [0, 0.05) is 81.7 Å². The molecule has 10 heteroatoms. The van der Waals surface area contributed by atoms with Gasteiger partial charge in [0.25, 0.3) is 5.91 Å². The van der Waals surface area contributed by atoms with Gasteiger partial charge in [-0.1, -0.05) is 18.2 Å². The van der Waals surface area contributed by atoms with Gasteiger partial charge in [0.2, 0.25) is 0 Å². The number of likely N-dealkylation sites (tertiary alicyclic amines) is 2. The number of nitrogens with zero attached hydrogens (tertiary/aromatic N) is 6. The smallest absolute Gasteiger partial charge is 0.253 e. The number of carbonyl (C=O) groups is 1. The second-order valence-corrected chi connectivity index (χ2v) is 14.6. The van der Waals surface area contributed by atoms with Crippen molar-refractivity contribution in [2.24, 2.45) is 13.0 Å². The largest absolute Gasteiger partial charge is 0.356 e. The summed E-state index contributed by atoms with van der Waals surface area (Å²) in [6, 6.07) is 19.5. The lowest BCUT2D eigenvalue weighted by molar-refractivity contribution is -0.145. The van der Waals surface area contributed by atoms with Crippen LogP contribution in [0, 0.1) is 5.92 Å². The van der Waals surface area contributed by atoms with Crippen LogP contribution in [0.15, 0.2) is 67.0 Å². The predicted molar refractivity (Wildman–Crippen MR) is 198 cm³/mol. The average Bonchev–Trinajstić information content (AvgIpc) is 3.76. The molecule has 0 radical (unpaired) electrons. The minimum absolute atomic E-state index is 0.0263. The first-order chi connectivity index (χ1) is 25.0. The van der Waals surface area contributed by atoms with E-state index < -0.39 is 0 Å². The number of methoxy groups -OCH3 is 2. The van der Waals surface area contributed by atoms with Gasteiger partial charge in [0.15, 0.2) is 12.5 Å². The maximum absolute atomic E-state index is 13.3. The summed E-state index contributed by atoms with van der Waals surface area (Å²) < 4.78 is 21.2. The topological polar surface area (TPSA) is 86.9 Å². The van der Waals surface area contributed by atoms with Gasteiger partial charge in [0.1, 0.15) is 5.65 Å². The molecule has 3 fully saturated rings. The molecular formula is C41H50N6O4. The molecule has 0 aliphatic carbocycles. The Balaban J connectivity index is 0.896. The van der Waals surface area contributed by atoms with E-state index in [1.807, 2.05) is 34.1 Å². The van der Waals surface area contributed by atoms with Gasteiger partial charge in [-0.25, -0.2) is 9.67 Å². The molecule has 51 heavy (non-hydrogen) atoms. The van der Waals surface area contributed by atoms with E-state index in [4.69, 9.17) is 24.3 Å². The summed E-state index contributed by atoms with van der Waals surface area (Å²) in [7, 11) is 5.50. The molecule has 1 amide bonds. The molecule has 3 aromatic heterocycles. The Morgan fingerprint density at radius 1 is 0.922 bits per heavy atom. The van der Waals surface area contributed by atoms with Crippen molar-refractivity contribution in [1.82, 2.24) is 29.1 Å². The standard InChI is InChI=1S/C41H50N6O4/c1-44-34(25-36-35(13-18-42-39(36)44)32-11-12-37-33(24-32)26-43-47(37)38-6-4-5-23-51-38)27-45-19-14-29(15-20-45)28-7-9-30(10-8-28)40(48)46-21-16-31(17-22-46)41(49-2)50-3/h7-13,18,24-26,29,31,38,41H,4-6,14-17,19-23,27H2,1-3H3. The Hall–Kier alpha value is -4.09. The zero-order chi connectivity index (χ0) is 34.9. The predicted octanol–water partition coefficient (Wildman–Crippen LogP) is 7.14. The molecule has 0 bridgehead atoms. The van der Waals surface area contributed by atoms with Crippen molar-refractivity contribution in [2.45, 2.75) is 69.9 Å². The number of amides is 1. The van der Waals surface area contributed by atoms with E-state index in [0.717, 1.165) is 100.0 Å². The molecule has 2 aromatic carbocycles. The van der Waals surface area contributed by atoms with Crippen LogP contribution in [-0.2, 0) is 27.8 Å². The van der Waals surface area contributed by atoms with Crippen LogP contribution in [-0.4, -0.2) is 88.3 Å². The normalized spacial score (nSPS) is 19.8. The quantitative estimate of drug-likeness (QED) is 0.152. The molecule has 3 aliphatic rings. The lowest BCUT2D eigenvalue weighted by Crippen LogP contribution is -2.42. The molecule has 6 heterocycles. The van der Waals surface area contributed by atoms with E-state index in [9.17, 15) is 4.79 Å². The number of aromatic nitrogens is 4.